The van der Waals surface area contributed by atoms with Gasteiger partial charge in [0, 0.05) is 7.05 Å². The van der Waals surface area contributed by atoms with Gasteiger partial charge in [-0.15, -0.1) is 0 Å². The predicted molar refractivity (Wildman–Crippen MR) is 67.2 cm³/mol. The van der Waals surface area contributed by atoms with Crippen LogP contribution in [0.3, 0.4) is 0 Å². The maximum Gasteiger partial charge on any atom is 0.436 e. The number of nitrogens with zero attached hydrogens (tertiary/aromatic N) is 3. The first-order chi connectivity index (χ1) is 9.62. The number of nitrogens with one attached hydrogen (secondary N) is 1. The van der Waals surface area contributed by atoms with Crippen LogP contribution in [0.15, 0.2) is 4.52 Å². The lowest BCUT2D eigenvalue weighted by atomic mass is 10.3. The fourth-order valence-corrected chi connectivity index (χ4v) is 2.11. The van der Waals surface area contributed by atoms with Gasteiger partial charge in [0.05, 0.1) is 0 Å². The second-order valence-corrected chi connectivity index (χ2v) is 4.66. The second-order valence-electron chi connectivity index (χ2n) is 4.29. The molecule has 0 bridgehead atoms. The first kappa shape index (κ1) is 15.4. The van der Waals surface area contributed by atoms with Gasteiger partial charge in [-0.25, -0.2) is 0 Å². The van der Waals surface area contributed by atoms with Crippen molar-refractivity contribution >= 4 is 23.2 Å². The van der Waals surface area contributed by atoms with Crippen LogP contribution in [0, 0.1) is 13.8 Å². The van der Waals surface area contributed by atoms with Crippen LogP contribution in [0.2, 0.25) is 5.02 Å². The highest BCUT2D eigenvalue weighted by Crippen LogP contribution is 2.35. The molecule has 0 saturated carbocycles. The zero-order chi connectivity index (χ0) is 15.9. The number of carbonyl (C=O) groups is 1. The van der Waals surface area contributed by atoms with Gasteiger partial charge in [0.15, 0.2) is 11.5 Å². The van der Waals surface area contributed by atoms with E-state index < -0.39 is 28.5 Å². The van der Waals surface area contributed by atoms with E-state index in [1.54, 1.807) is 13.8 Å². The van der Waals surface area contributed by atoms with Crippen LogP contribution in [0.25, 0.3) is 0 Å². The minimum absolute atomic E-state index is 0.283. The maximum absolute atomic E-state index is 12.7. The molecule has 0 aliphatic carbocycles. The van der Waals surface area contributed by atoms with Crippen molar-refractivity contribution in [2.24, 2.45) is 7.05 Å². The van der Waals surface area contributed by atoms with Gasteiger partial charge in [-0.05, 0) is 13.8 Å². The Morgan fingerprint density at radius 1 is 1.38 bits per heavy atom. The van der Waals surface area contributed by atoms with Crippen molar-refractivity contribution < 1.29 is 22.5 Å². The van der Waals surface area contributed by atoms with E-state index in [1.807, 2.05) is 0 Å². The Kier molecular flexibility index (Phi) is 3.70. The van der Waals surface area contributed by atoms with E-state index in [0.717, 1.165) is 4.68 Å². The highest BCUT2D eigenvalue weighted by atomic mass is 35.5. The summed E-state index contributed by atoms with van der Waals surface area (Å²) in [5, 5.41) is 8.52. The zero-order valence-corrected chi connectivity index (χ0v) is 11.9. The zero-order valence-electron chi connectivity index (χ0n) is 11.2. The number of hydrogen-bond donors (Lipinski definition) is 1. The van der Waals surface area contributed by atoms with Crippen molar-refractivity contribution in [3.63, 3.8) is 0 Å². The molecule has 21 heavy (non-hydrogen) atoms. The Morgan fingerprint density at radius 3 is 2.43 bits per heavy atom. The number of alkyl halides is 3. The Bertz CT molecular complexity index is 686. The Labute approximate surface area is 121 Å². The molecule has 1 amide bonds. The van der Waals surface area contributed by atoms with Crippen LogP contribution in [-0.2, 0) is 13.2 Å². The Morgan fingerprint density at radius 2 is 2.00 bits per heavy atom. The minimum Gasteiger partial charge on any atom is -0.359 e. The number of halogens is 4. The summed E-state index contributed by atoms with van der Waals surface area (Å²) in [4.78, 5) is 12.1. The van der Waals surface area contributed by atoms with E-state index in [1.165, 1.54) is 7.05 Å². The summed E-state index contributed by atoms with van der Waals surface area (Å²) in [6.45, 7) is 3.14. The first-order valence-corrected chi connectivity index (χ1v) is 6.04. The van der Waals surface area contributed by atoms with Gasteiger partial charge in [-0.3, -0.25) is 9.48 Å². The van der Waals surface area contributed by atoms with Crippen molar-refractivity contribution in [1.29, 1.82) is 0 Å². The summed E-state index contributed by atoms with van der Waals surface area (Å²) in [5.41, 5.74) is -1.03. The van der Waals surface area contributed by atoms with Crippen LogP contribution < -0.4 is 5.32 Å². The molecule has 2 rings (SSSR count). The Hall–Kier alpha value is -2.03. The quantitative estimate of drug-likeness (QED) is 0.922. The summed E-state index contributed by atoms with van der Waals surface area (Å²) in [6.07, 6.45) is -4.74. The van der Waals surface area contributed by atoms with Gasteiger partial charge in [-0.1, -0.05) is 16.8 Å². The molecule has 6 nitrogen and oxygen atoms in total. The molecule has 0 fully saturated rings. The fraction of sp³-hybridized carbons (Fsp3) is 0.364. The fourth-order valence-electron chi connectivity index (χ4n) is 1.76. The molecule has 2 heterocycles. The molecule has 0 spiro atoms. The van der Waals surface area contributed by atoms with Crippen molar-refractivity contribution in [3.05, 3.63) is 27.9 Å². The van der Waals surface area contributed by atoms with Crippen molar-refractivity contribution in [2.75, 3.05) is 5.32 Å². The number of aromatic nitrogens is 3. The van der Waals surface area contributed by atoms with Gasteiger partial charge < -0.3 is 9.84 Å². The lowest BCUT2D eigenvalue weighted by molar-refractivity contribution is -0.141. The average molecular weight is 323 g/mol. The van der Waals surface area contributed by atoms with E-state index in [4.69, 9.17) is 16.1 Å². The SMILES string of the molecule is Cc1noc(C)c1NC(=O)c1c(Cl)c(C(F)(F)F)nn1C. The number of anilines is 1. The minimum atomic E-state index is -4.74. The van der Waals surface area contributed by atoms with Crippen LogP contribution in [-0.4, -0.2) is 20.8 Å². The molecular formula is C11H10ClF3N4O2. The monoisotopic (exact) mass is 322 g/mol. The number of carbonyl (C=O) groups excluding carboxylic acids is 1. The summed E-state index contributed by atoms with van der Waals surface area (Å²) >= 11 is 5.63. The molecule has 2 aromatic heterocycles. The molecule has 0 saturated heterocycles. The van der Waals surface area contributed by atoms with Crippen molar-refractivity contribution in [1.82, 2.24) is 14.9 Å². The smallest absolute Gasteiger partial charge is 0.359 e. The molecule has 0 atom stereocenters. The third-order valence-electron chi connectivity index (χ3n) is 2.74. The molecule has 0 aliphatic rings. The van der Waals surface area contributed by atoms with E-state index in [9.17, 15) is 18.0 Å². The number of rotatable bonds is 2. The van der Waals surface area contributed by atoms with Crippen molar-refractivity contribution in [3.8, 4) is 0 Å². The van der Waals surface area contributed by atoms with Crippen LogP contribution in [0.1, 0.15) is 27.6 Å². The standard InChI is InChI=1S/C11H10ClF3N4O2/c1-4-7(5(2)21-18-4)16-10(20)8-6(12)9(11(13,14)15)17-19(8)3/h1-3H3,(H,16,20). The van der Waals surface area contributed by atoms with Crippen LogP contribution in [0.4, 0.5) is 18.9 Å². The van der Waals surface area contributed by atoms with E-state index in [2.05, 4.69) is 15.6 Å². The largest absolute Gasteiger partial charge is 0.436 e. The van der Waals surface area contributed by atoms with Crippen LogP contribution >= 0.6 is 11.6 Å². The average Bonchev–Trinajstić information content (AvgIpc) is 2.82. The summed E-state index contributed by atoms with van der Waals surface area (Å²) in [7, 11) is 1.20. The summed E-state index contributed by atoms with van der Waals surface area (Å²) < 4.78 is 43.7. The second kappa shape index (κ2) is 5.06. The molecule has 114 valence electrons. The molecule has 0 radical (unpaired) electrons. The topological polar surface area (TPSA) is 73.0 Å². The lowest BCUT2D eigenvalue weighted by Gasteiger charge is -2.05. The van der Waals surface area contributed by atoms with Gasteiger partial charge in [-0.2, -0.15) is 18.3 Å². The Balaban J connectivity index is 2.39. The number of amides is 1. The van der Waals surface area contributed by atoms with E-state index in [-0.39, 0.29) is 5.69 Å². The predicted octanol–water partition coefficient (Wildman–Crippen LogP) is 2.95. The number of aryl methyl sites for hydroxylation is 3. The van der Waals surface area contributed by atoms with Gasteiger partial charge in [0.25, 0.3) is 5.91 Å². The normalized spacial score (nSPS) is 11.8. The number of hydrogen-bond acceptors (Lipinski definition) is 4. The van der Waals surface area contributed by atoms with Gasteiger partial charge >= 0.3 is 6.18 Å². The molecule has 2 aromatic rings. The van der Waals surface area contributed by atoms with Gasteiger partial charge in [0.2, 0.25) is 0 Å². The third-order valence-corrected chi connectivity index (χ3v) is 3.10. The maximum atomic E-state index is 12.7. The molecule has 1 N–H and O–H groups in total. The van der Waals surface area contributed by atoms with Gasteiger partial charge in [0.1, 0.15) is 22.1 Å². The van der Waals surface area contributed by atoms with Crippen molar-refractivity contribution in [2.45, 2.75) is 20.0 Å². The van der Waals surface area contributed by atoms with Crippen LogP contribution in [0.5, 0.6) is 0 Å². The first-order valence-electron chi connectivity index (χ1n) is 5.66. The highest BCUT2D eigenvalue weighted by Gasteiger charge is 2.39. The molecule has 0 aromatic carbocycles. The molecule has 10 heteroatoms. The summed E-state index contributed by atoms with van der Waals surface area (Å²) in [5.74, 6) is -0.505. The van der Waals surface area contributed by atoms with E-state index in [0.29, 0.717) is 11.5 Å². The summed E-state index contributed by atoms with van der Waals surface area (Å²) in [6, 6.07) is 0. The lowest BCUT2D eigenvalue weighted by Crippen LogP contribution is -2.17. The molecule has 0 aliphatic heterocycles. The molecule has 0 unspecified atom stereocenters. The third kappa shape index (κ3) is 2.73. The highest BCUT2D eigenvalue weighted by molar-refractivity contribution is 6.34. The molecular weight excluding hydrogens is 313 g/mol. The van der Waals surface area contributed by atoms with E-state index >= 15 is 0 Å².